The topological polar surface area (TPSA) is 33.5 Å². The molecule has 0 aliphatic carbocycles. The lowest BCUT2D eigenvalue weighted by molar-refractivity contribution is -0.137. The molecule has 1 amide bonds. The average Bonchev–Trinajstić information content (AvgIpc) is 3.15. The molecule has 0 atom stereocenters. The number of nitrogens with zero attached hydrogens (tertiary/aromatic N) is 1. The van der Waals surface area contributed by atoms with Crippen LogP contribution in [0.15, 0.2) is 63.6 Å². The summed E-state index contributed by atoms with van der Waals surface area (Å²) in [5, 5.41) is 0. The number of benzene rings is 1. The third-order valence-electron chi connectivity index (χ3n) is 3.50. The van der Waals surface area contributed by atoms with Crippen molar-refractivity contribution < 1.29 is 22.4 Å². The Balaban J connectivity index is 1.89. The summed E-state index contributed by atoms with van der Waals surface area (Å²) in [6, 6.07) is 8.06. The standard InChI is InChI=1S/C18H12F3NO2S2/c1-11(8-14-6-3-7-24-14)9-15-16(23)22(17(25)26-15)13-5-2-4-12(10-13)18(19,20)21/h2-10H,1H3. The van der Waals surface area contributed by atoms with Crippen LogP contribution in [0.1, 0.15) is 18.2 Å². The SMILES string of the molecule is CC(=Cc1ccco1)C=C1SC(=S)N(c2cccc(C(F)(F)F)c2)C1=O. The number of thiocarbonyl (C=S) groups is 1. The molecule has 2 aromatic rings. The monoisotopic (exact) mass is 395 g/mol. The molecule has 1 aromatic carbocycles. The molecule has 0 unspecified atom stereocenters. The van der Waals surface area contributed by atoms with E-state index in [1.54, 1.807) is 31.2 Å². The fraction of sp³-hybridized carbons (Fsp3) is 0.111. The van der Waals surface area contributed by atoms with Crippen LogP contribution in [0.3, 0.4) is 0 Å². The minimum Gasteiger partial charge on any atom is -0.465 e. The second kappa shape index (κ2) is 7.13. The van der Waals surface area contributed by atoms with Gasteiger partial charge in [-0.05, 0) is 55.0 Å². The predicted molar refractivity (Wildman–Crippen MR) is 99.6 cm³/mol. The summed E-state index contributed by atoms with van der Waals surface area (Å²) in [7, 11) is 0. The highest BCUT2D eigenvalue weighted by Crippen LogP contribution is 2.38. The number of hydrogen-bond acceptors (Lipinski definition) is 4. The molecule has 1 saturated heterocycles. The van der Waals surface area contributed by atoms with Gasteiger partial charge in [-0.15, -0.1) is 0 Å². The Labute approximate surface area is 157 Å². The highest BCUT2D eigenvalue weighted by Gasteiger charge is 2.36. The van der Waals surface area contributed by atoms with E-state index < -0.39 is 17.6 Å². The number of rotatable bonds is 3. The smallest absolute Gasteiger partial charge is 0.416 e. The third kappa shape index (κ3) is 3.91. The zero-order valence-electron chi connectivity index (χ0n) is 13.4. The van der Waals surface area contributed by atoms with Crippen molar-refractivity contribution in [1.82, 2.24) is 0 Å². The van der Waals surface area contributed by atoms with Gasteiger partial charge in [-0.25, -0.2) is 0 Å². The van der Waals surface area contributed by atoms with Gasteiger partial charge in [0.15, 0.2) is 4.32 Å². The zero-order valence-corrected chi connectivity index (χ0v) is 15.0. The molecule has 2 heterocycles. The molecule has 1 aliphatic rings. The van der Waals surface area contributed by atoms with Crippen molar-refractivity contribution in [3.63, 3.8) is 0 Å². The maximum Gasteiger partial charge on any atom is 0.416 e. The number of thioether (sulfide) groups is 1. The summed E-state index contributed by atoms with van der Waals surface area (Å²) in [5.41, 5.74) is 0.0183. The lowest BCUT2D eigenvalue weighted by Gasteiger charge is -2.16. The molecule has 0 radical (unpaired) electrons. The number of anilines is 1. The minimum atomic E-state index is -4.49. The quantitative estimate of drug-likeness (QED) is 0.497. The van der Waals surface area contributed by atoms with Crippen molar-refractivity contribution in [2.75, 3.05) is 4.90 Å². The first-order valence-electron chi connectivity index (χ1n) is 7.43. The highest BCUT2D eigenvalue weighted by atomic mass is 32.2. The van der Waals surface area contributed by atoms with E-state index in [0.29, 0.717) is 10.7 Å². The van der Waals surface area contributed by atoms with E-state index in [2.05, 4.69) is 0 Å². The van der Waals surface area contributed by atoms with Crippen LogP contribution in [0.2, 0.25) is 0 Å². The Hall–Kier alpha value is -2.32. The maximum atomic E-state index is 12.9. The van der Waals surface area contributed by atoms with Crippen LogP contribution < -0.4 is 4.90 Å². The molecule has 1 aliphatic heterocycles. The van der Waals surface area contributed by atoms with Crippen molar-refractivity contribution in [3.05, 3.63) is 70.5 Å². The fourth-order valence-electron chi connectivity index (χ4n) is 2.36. The van der Waals surface area contributed by atoms with Crippen LogP contribution in [0.25, 0.3) is 6.08 Å². The van der Waals surface area contributed by atoms with Crippen molar-refractivity contribution >= 4 is 46.0 Å². The molecule has 3 nitrogen and oxygen atoms in total. The fourth-order valence-corrected chi connectivity index (χ4v) is 3.71. The Morgan fingerprint density at radius 1 is 1.27 bits per heavy atom. The molecular formula is C18H12F3NO2S2. The number of allylic oxidation sites excluding steroid dienone is 2. The van der Waals surface area contributed by atoms with E-state index in [1.807, 2.05) is 0 Å². The normalized spacial score (nSPS) is 17.5. The minimum absolute atomic E-state index is 0.0957. The van der Waals surface area contributed by atoms with Crippen molar-refractivity contribution in [3.8, 4) is 0 Å². The largest absolute Gasteiger partial charge is 0.465 e. The average molecular weight is 395 g/mol. The molecule has 134 valence electrons. The molecule has 8 heteroatoms. The van der Waals surface area contributed by atoms with Gasteiger partial charge in [0.05, 0.1) is 22.4 Å². The van der Waals surface area contributed by atoms with E-state index in [1.165, 1.54) is 18.4 Å². The Kier molecular flexibility index (Phi) is 5.06. The van der Waals surface area contributed by atoms with Gasteiger partial charge in [0.2, 0.25) is 0 Å². The molecule has 0 bridgehead atoms. The molecule has 26 heavy (non-hydrogen) atoms. The predicted octanol–water partition coefficient (Wildman–Crippen LogP) is 5.65. The van der Waals surface area contributed by atoms with Gasteiger partial charge in [0.25, 0.3) is 5.91 Å². The van der Waals surface area contributed by atoms with Crippen molar-refractivity contribution in [2.45, 2.75) is 13.1 Å². The number of alkyl halides is 3. The second-order valence-electron chi connectivity index (χ2n) is 5.47. The van der Waals surface area contributed by atoms with Crippen LogP contribution in [0.5, 0.6) is 0 Å². The Bertz CT molecular complexity index is 915. The van der Waals surface area contributed by atoms with Crippen LogP contribution in [0.4, 0.5) is 18.9 Å². The van der Waals surface area contributed by atoms with E-state index >= 15 is 0 Å². The van der Waals surface area contributed by atoms with E-state index in [4.69, 9.17) is 16.6 Å². The van der Waals surface area contributed by atoms with Crippen molar-refractivity contribution in [1.29, 1.82) is 0 Å². The Morgan fingerprint density at radius 3 is 2.69 bits per heavy atom. The van der Waals surface area contributed by atoms with Crippen molar-refractivity contribution in [2.24, 2.45) is 0 Å². The molecular weight excluding hydrogens is 383 g/mol. The maximum absolute atomic E-state index is 12.9. The second-order valence-corrected chi connectivity index (χ2v) is 7.14. The van der Waals surface area contributed by atoms with E-state index in [9.17, 15) is 18.0 Å². The number of halogens is 3. The van der Waals surface area contributed by atoms with Gasteiger partial charge in [0, 0.05) is 0 Å². The lowest BCUT2D eigenvalue weighted by atomic mass is 10.1. The van der Waals surface area contributed by atoms with Gasteiger partial charge >= 0.3 is 6.18 Å². The number of amides is 1. The number of hydrogen-bond donors (Lipinski definition) is 0. The van der Waals surface area contributed by atoms with Gasteiger partial charge in [-0.2, -0.15) is 13.2 Å². The summed E-state index contributed by atoms with van der Waals surface area (Å²) in [6.07, 6.45) is 0.424. The van der Waals surface area contributed by atoms with Gasteiger partial charge in [-0.1, -0.05) is 30.0 Å². The van der Waals surface area contributed by atoms with Gasteiger partial charge < -0.3 is 4.42 Å². The van der Waals surface area contributed by atoms with E-state index in [-0.39, 0.29) is 10.0 Å². The zero-order chi connectivity index (χ0) is 18.9. The molecule has 1 fully saturated rings. The summed E-state index contributed by atoms with van der Waals surface area (Å²) in [5.74, 6) is 0.179. The number of carbonyl (C=O) groups is 1. The van der Waals surface area contributed by atoms with Crippen LogP contribution in [0, 0.1) is 0 Å². The molecule has 0 spiro atoms. The number of furan rings is 1. The summed E-state index contributed by atoms with van der Waals surface area (Å²) < 4.78 is 44.1. The van der Waals surface area contributed by atoms with Crippen LogP contribution >= 0.6 is 24.0 Å². The third-order valence-corrected chi connectivity index (χ3v) is 4.80. The molecule has 1 aromatic heterocycles. The number of carbonyl (C=O) groups excluding carboxylic acids is 1. The summed E-state index contributed by atoms with van der Waals surface area (Å²) in [6.45, 7) is 1.79. The van der Waals surface area contributed by atoms with Crippen LogP contribution in [-0.4, -0.2) is 10.2 Å². The molecule has 0 saturated carbocycles. The summed E-state index contributed by atoms with van der Waals surface area (Å²) >= 11 is 6.24. The lowest BCUT2D eigenvalue weighted by Crippen LogP contribution is -2.27. The first-order valence-corrected chi connectivity index (χ1v) is 8.65. The highest BCUT2D eigenvalue weighted by molar-refractivity contribution is 8.27. The summed E-state index contributed by atoms with van der Waals surface area (Å²) in [4.78, 5) is 14.1. The van der Waals surface area contributed by atoms with Crippen LogP contribution in [-0.2, 0) is 11.0 Å². The van der Waals surface area contributed by atoms with Gasteiger partial charge in [0.1, 0.15) is 5.76 Å². The van der Waals surface area contributed by atoms with E-state index in [0.717, 1.165) is 34.4 Å². The Morgan fingerprint density at radius 2 is 2.04 bits per heavy atom. The first kappa shape index (κ1) is 18.5. The van der Waals surface area contributed by atoms with Gasteiger partial charge in [-0.3, -0.25) is 9.69 Å². The first-order chi connectivity index (χ1) is 12.3. The molecule has 3 rings (SSSR count). The molecule has 0 N–H and O–H groups in total.